The summed E-state index contributed by atoms with van der Waals surface area (Å²) in [5.41, 5.74) is 1.37. The number of imidazole rings is 1. The molecule has 4 rings (SSSR count). The molecule has 2 N–H and O–H groups in total. The molecule has 3 fully saturated rings. The molecule has 3 heterocycles. The second-order valence-corrected chi connectivity index (χ2v) is 8.32. The smallest absolute Gasteiger partial charge is 0.225 e. The highest BCUT2D eigenvalue weighted by atomic mass is 16.3. The summed E-state index contributed by atoms with van der Waals surface area (Å²) in [5, 5.41) is 10.0. The molecule has 0 radical (unpaired) electrons. The standard InChI is InChI=1S/C19H30N4O2/c1-14-20-10-17(21-14)12-22-7-4-19(16(11-22)13-24)5-8-23(9-6-19)18(25)15-2-3-15/h10,15-16,24H,2-9,11-13H2,1H3,(H,20,21). The van der Waals surface area contributed by atoms with Gasteiger partial charge in [0.05, 0.1) is 0 Å². The van der Waals surface area contributed by atoms with Crippen LogP contribution < -0.4 is 0 Å². The normalized spacial score (nSPS) is 27.0. The summed E-state index contributed by atoms with van der Waals surface area (Å²) in [6.45, 7) is 6.85. The predicted octanol–water partition coefficient (Wildman–Crippen LogP) is 1.55. The van der Waals surface area contributed by atoms with Gasteiger partial charge < -0.3 is 15.0 Å². The molecule has 1 aliphatic carbocycles. The number of nitrogens with one attached hydrogen (secondary N) is 1. The number of hydrogen-bond acceptors (Lipinski definition) is 4. The maximum atomic E-state index is 12.3. The van der Waals surface area contributed by atoms with Crippen molar-refractivity contribution >= 4 is 5.91 Å². The first-order valence-electron chi connectivity index (χ1n) is 9.72. The molecule has 25 heavy (non-hydrogen) atoms. The van der Waals surface area contributed by atoms with Crippen LogP contribution in [0.3, 0.4) is 0 Å². The van der Waals surface area contributed by atoms with E-state index < -0.39 is 0 Å². The van der Waals surface area contributed by atoms with Crippen LogP contribution in [0.5, 0.6) is 0 Å². The van der Waals surface area contributed by atoms with E-state index in [-0.39, 0.29) is 12.0 Å². The summed E-state index contributed by atoms with van der Waals surface area (Å²) in [6, 6.07) is 0. The zero-order chi connectivity index (χ0) is 17.4. The van der Waals surface area contributed by atoms with E-state index in [1.807, 2.05) is 13.1 Å². The van der Waals surface area contributed by atoms with Gasteiger partial charge in [0, 0.05) is 56.5 Å². The number of piperidine rings is 2. The van der Waals surface area contributed by atoms with Gasteiger partial charge in [-0.15, -0.1) is 0 Å². The Kier molecular flexibility index (Phi) is 4.58. The summed E-state index contributed by atoms with van der Waals surface area (Å²) in [7, 11) is 0. The highest BCUT2D eigenvalue weighted by molar-refractivity contribution is 5.81. The lowest BCUT2D eigenvalue weighted by Gasteiger charge is -2.51. The van der Waals surface area contributed by atoms with Crippen molar-refractivity contribution in [2.75, 3.05) is 32.8 Å². The van der Waals surface area contributed by atoms with Crippen LogP contribution in [0, 0.1) is 24.2 Å². The quantitative estimate of drug-likeness (QED) is 0.868. The number of nitrogens with zero attached hydrogens (tertiary/aromatic N) is 3. The highest BCUT2D eigenvalue weighted by Crippen LogP contribution is 2.46. The summed E-state index contributed by atoms with van der Waals surface area (Å²) >= 11 is 0. The Morgan fingerprint density at radius 1 is 1.32 bits per heavy atom. The van der Waals surface area contributed by atoms with Crippen molar-refractivity contribution in [1.29, 1.82) is 0 Å². The number of aryl methyl sites for hydroxylation is 1. The van der Waals surface area contributed by atoms with Crippen LogP contribution in [0.2, 0.25) is 0 Å². The molecule has 6 heteroatoms. The van der Waals surface area contributed by atoms with E-state index in [0.717, 1.165) is 76.3 Å². The number of carbonyl (C=O) groups excluding carboxylic acids is 1. The van der Waals surface area contributed by atoms with Crippen molar-refractivity contribution in [2.24, 2.45) is 17.3 Å². The molecular formula is C19H30N4O2. The fraction of sp³-hybridized carbons (Fsp3) is 0.789. The summed E-state index contributed by atoms with van der Waals surface area (Å²) in [4.78, 5) is 24.4. The van der Waals surface area contributed by atoms with Crippen molar-refractivity contribution in [1.82, 2.24) is 19.8 Å². The molecule has 0 aromatic carbocycles. The Labute approximate surface area is 149 Å². The zero-order valence-corrected chi connectivity index (χ0v) is 15.2. The summed E-state index contributed by atoms with van der Waals surface area (Å²) in [5.74, 6) is 1.96. The van der Waals surface area contributed by atoms with Gasteiger partial charge in [0.25, 0.3) is 0 Å². The number of carbonyl (C=O) groups is 1. The van der Waals surface area contributed by atoms with Crippen LogP contribution >= 0.6 is 0 Å². The van der Waals surface area contributed by atoms with E-state index in [1.165, 1.54) is 0 Å². The second-order valence-electron chi connectivity index (χ2n) is 8.32. The molecule has 1 amide bonds. The molecule has 1 aromatic heterocycles. The molecule has 3 aliphatic rings. The minimum absolute atomic E-state index is 0.218. The largest absolute Gasteiger partial charge is 0.396 e. The molecule has 138 valence electrons. The minimum Gasteiger partial charge on any atom is -0.396 e. The third-order valence-electron chi connectivity index (χ3n) is 6.64. The van der Waals surface area contributed by atoms with Gasteiger partial charge >= 0.3 is 0 Å². The molecule has 1 atom stereocenters. The van der Waals surface area contributed by atoms with Crippen LogP contribution in [-0.2, 0) is 11.3 Å². The lowest BCUT2D eigenvalue weighted by Crippen LogP contribution is -2.54. The molecule has 1 spiro atoms. The van der Waals surface area contributed by atoms with Gasteiger partial charge in [-0.2, -0.15) is 0 Å². The molecule has 2 aliphatic heterocycles. The van der Waals surface area contributed by atoms with Gasteiger partial charge in [0.2, 0.25) is 5.91 Å². The first-order chi connectivity index (χ1) is 12.1. The van der Waals surface area contributed by atoms with E-state index in [2.05, 4.69) is 19.8 Å². The third-order valence-corrected chi connectivity index (χ3v) is 6.64. The average molecular weight is 346 g/mol. The number of amides is 1. The molecule has 1 unspecified atom stereocenters. The van der Waals surface area contributed by atoms with Crippen molar-refractivity contribution in [3.63, 3.8) is 0 Å². The predicted molar refractivity (Wildman–Crippen MR) is 94.8 cm³/mol. The van der Waals surface area contributed by atoms with Crippen molar-refractivity contribution < 1.29 is 9.90 Å². The number of aliphatic hydroxyl groups is 1. The molecule has 1 saturated carbocycles. The van der Waals surface area contributed by atoms with Gasteiger partial charge in [0.1, 0.15) is 5.82 Å². The third kappa shape index (κ3) is 3.47. The number of aromatic amines is 1. The first kappa shape index (κ1) is 17.0. The zero-order valence-electron chi connectivity index (χ0n) is 15.2. The van der Waals surface area contributed by atoms with Gasteiger partial charge in [-0.05, 0) is 51.0 Å². The Hall–Kier alpha value is -1.40. The Balaban J connectivity index is 1.36. The summed E-state index contributed by atoms with van der Waals surface area (Å²) < 4.78 is 0. The SMILES string of the molecule is Cc1ncc(CN2CCC3(CCN(C(=O)C4CC4)CC3)C(CO)C2)[nH]1. The van der Waals surface area contributed by atoms with Crippen LogP contribution in [0.4, 0.5) is 0 Å². The van der Waals surface area contributed by atoms with Crippen molar-refractivity contribution in [3.05, 3.63) is 17.7 Å². The number of H-pyrrole nitrogens is 1. The second kappa shape index (κ2) is 6.72. The Morgan fingerprint density at radius 2 is 2.04 bits per heavy atom. The van der Waals surface area contributed by atoms with Crippen LogP contribution in [0.25, 0.3) is 0 Å². The fourth-order valence-electron chi connectivity index (χ4n) is 4.79. The maximum absolute atomic E-state index is 12.3. The van der Waals surface area contributed by atoms with E-state index in [0.29, 0.717) is 17.7 Å². The molecule has 1 aromatic rings. The van der Waals surface area contributed by atoms with E-state index in [1.54, 1.807) is 0 Å². The number of hydrogen-bond donors (Lipinski definition) is 2. The van der Waals surface area contributed by atoms with Crippen molar-refractivity contribution in [3.8, 4) is 0 Å². The van der Waals surface area contributed by atoms with Gasteiger partial charge in [-0.3, -0.25) is 9.69 Å². The van der Waals surface area contributed by atoms with Gasteiger partial charge in [-0.1, -0.05) is 0 Å². The lowest BCUT2D eigenvalue weighted by molar-refractivity contribution is -0.137. The number of likely N-dealkylation sites (tertiary alicyclic amines) is 2. The van der Waals surface area contributed by atoms with E-state index >= 15 is 0 Å². The highest BCUT2D eigenvalue weighted by Gasteiger charge is 2.46. The first-order valence-corrected chi connectivity index (χ1v) is 9.72. The topological polar surface area (TPSA) is 72.5 Å². The molecular weight excluding hydrogens is 316 g/mol. The van der Waals surface area contributed by atoms with Gasteiger partial charge in [-0.25, -0.2) is 4.98 Å². The number of aliphatic hydroxyl groups excluding tert-OH is 1. The Bertz CT molecular complexity index is 617. The minimum atomic E-state index is 0.218. The molecule has 2 saturated heterocycles. The van der Waals surface area contributed by atoms with Gasteiger partial charge in [0.15, 0.2) is 0 Å². The number of aromatic nitrogens is 2. The lowest BCUT2D eigenvalue weighted by atomic mass is 9.64. The van der Waals surface area contributed by atoms with Crippen LogP contribution in [0.1, 0.15) is 43.6 Å². The van der Waals surface area contributed by atoms with Crippen molar-refractivity contribution in [2.45, 2.75) is 45.6 Å². The fourth-order valence-corrected chi connectivity index (χ4v) is 4.79. The Morgan fingerprint density at radius 3 is 2.64 bits per heavy atom. The monoisotopic (exact) mass is 346 g/mol. The number of rotatable bonds is 4. The van der Waals surface area contributed by atoms with E-state index in [4.69, 9.17) is 0 Å². The van der Waals surface area contributed by atoms with E-state index in [9.17, 15) is 9.90 Å². The average Bonchev–Trinajstić information content (AvgIpc) is 3.40. The molecule has 6 nitrogen and oxygen atoms in total. The summed E-state index contributed by atoms with van der Waals surface area (Å²) in [6.07, 6.45) is 7.30. The van der Waals surface area contributed by atoms with Crippen LogP contribution in [-0.4, -0.2) is 63.6 Å². The van der Waals surface area contributed by atoms with Crippen LogP contribution in [0.15, 0.2) is 6.20 Å². The molecule has 0 bridgehead atoms. The maximum Gasteiger partial charge on any atom is 0.225 e.